The first-order chi connectivity index (χ1) is 11.5. The largest absolute Gasteiger partial charge is 0.512 e. The Morgan fingerprint density at radius 1 is 1.12 bits per heavy atom. The van der Waals surface area contributed by atoms with Crippen molar-refractivity contribution in [3.05, 3.63) is 64.3 Å². The van der Waals surface area contributed by atoms with Gasteiger partial charge in [0.05, 0.1) is 12.2 Å². The Labute approximate surface area is 137 Å². The van der Waals surface area contributed by atoms with Gasteiger partial charge in [0.15, 0.2) is 11.5 Å². The lowest BCUT2D eigenvalue weighted by molar-refractivity contribution is -0.136. The van der Waals surface area contributed by atoms with Crippen LogP contribution in [0.3, 0.4) is 0 Å². The molecule has 0 spiro atoms. The molecule has 3 rings (SSSR count). The summed E-state index contributed by atoms with van der Waals surface area (Å²) in [5.74, 6) is -2.14. The van der Waals surface area contributed by atoms with Crippen LogP contribution in [0.1, 0.15) is 51.6 Å². The van der Waals surface area contributed by atoms with Crippen molar-refractivity contribution in [3.63, 3.8) is 0 Å². The van der Waals surface area contributed by atoms with Crippen molar-refractivity contribution in [2.75, 3.05) is 6.61 Å². The number of carbonyl (C=O) groups is 3. The maximum Gasteiger partial charge on any atom is 0.345 e. The van der Waals surface area contributed by atoms with Crippen LogP contribution < -0.4 is 0 Å². The Kier molecular flexibility index (Phi) is 3.81. The molecule has 6 heteroatoms. The van der Waals surface area contributed by atoms with E-state index in [0.29, 0.717) is 0 Å². The molecule has 0 unspecified atom stereocenters. The molecule has 0 aliphatic heterocycles. The second-order valence-electron chi connectivity index (χ2n) is 5.24. The van der Waals surface area contributed by atoms with Crippen molar-refractivity contribution in [2.45, 2.75) is 13.8 Å². The minimum absolute atomic E-state index is 0.0664. The third kappa shape index (κ3) is 2.32. The Bertz CT molecular complexity index is 843. The molecule has 0 fully saturated rings. The number of fused-ring (bicyclic) bond motifs is 2. The highest BCUT2D eigenvalue weighted by molar-refractivity contribution is 6.28. The molecular formula is C18H14O6. The third-order valence-corrected chi connectivity index (χ3v) is 3.69. The number of aliphatic hydroxyl groups is 1. The lowest BCUT2D eigenvalue weighted by Gasteiger charge is -2.11. The van der Waals surface area contributed by atoms with Gasteiger partial charge in [-0.2, -0.15) is 0 Å². The minimum Gasteiger partial charge on any atom is -0.512 e. The van der Waals surface area contributed by atoms with Gasteiger partial charge in [-0.05, 0) is 19.9 Å². The van der Waals surface area contributed by atoms with Crippen LogP contribution in [0, 0.1) is 0 Å². The number of rotatable bonds is 3. The lowest BCUT2D eigenvalue weighted by atomic mass is 9.88. The van der Waals surface area contributed by atoms with E-state index in [2.05, 4.69) is 0 Å². The number of ether oxygens (including phenoxy) is 1. The van der Waals surface area contributed by atoms with Gasteiger partial charge in [0.2, 0.25) is 5.78 Å². The first-order valence-corrected chi connectivity index (χ1v) is 7.35. The van der Waals surface area contributed by atoms with E-state index in [1.165, 1.54) is 13.0 Å². The summed E-state index contributed by atoms with van der Waals surface area (Å²) in [6.45, 7) is 3.03. The maximum absolute atomic E-state index is 12.5. The van der Waals surface area contributed by atoms with Gasteiger partial charge in [0.1, 0.15) is 17.1 Å². The summed E-state index contributed by atoms with van der Waals surface area (Å²) in [5, 5.41) is 9.78. The molecule has 1 aromatic carbocycles. The predicted octanol–water partition coefficient (Wildman–Crippen LogP) is 2.91. The number of furan rings is 1. The Morgan fingerprint density at radius 2 is 1.75 bits per heavy atom. The molecule has 1 heterocycles. The van der Waals surface area contributed by atoms with E-state index in [4.69, 9.17) is 9.15 Å². The van der Waals surface area contributed by atoms with Gasteiger partial charge in [-0.25, -0.2) is 4.79 Å². The maximum atomic E-state index is 12.5. The third-order valence-electron chi connectivity index (χ3n) is 3.69. The smallest absolute Gasteiger partial charge is 0.345 e. The van der Waals surface area contributed by atoms with Crippen LogP contribution >= 0.6 is 0 Å². The topological polar surface area (TPSA) is 93.8 Å². The van der Waals surface area contributed by atoms with Crippen LogP contribution in [0.25, 0.3) is 5.57 Å². The van der Waals surface area contributed by atoms with E-state index >= 15 is 0 Å². The van der Waals surface area contributed by atoms with E-state index in [0.717, 1.165) is 0 Å². The molecular weight excluding hydrogens is 312 g/mol. The first-order valence-electron chi connectivity index (χ1n) is 7.35. The van der Waals surface area contributed by atoms with Crippen LogP contribution in [0.2, 0.25) is 0 Å². The summed E-state index contributed by atoms with van der Waals surface area (Å²) >= 11 is 0. The predicted molar refractivity (Wildman–Crippen MR) is 83.9 cm³/mol. The fourth-order valence-corrected chi connectivity index (χ4v) is 2.63. The molecule has 0 amide bonds. The summed E-state index contributed by atoms with van der Waals surface area (Å²) in [5.41, 5.74) is 0.385. The molecule has 122 valence electrons. The second kappa shape index (κ2) is 5.81. The molecule has 0 saturated heterocycles. The molecule has 6 nitrogen and oxygen atoms in total. The lowest BCUT2D eigenvalue weighted by Crippen LogP contribution is -2.18. The molecule has 1 aliphatic rings. The summed E-state index contributed by atoms with van der Waals surface area (Å²) in [6.07, 6.45) is 0. The number of hydrogen-bond acceptors (Lipinski definition) is 6. The summed E-state index contributed by atoms with van der Waals surface area (Å²) in [7, 11) is 0. The number of hydrogen-bond donors (Lipinski definition) is 1. The fraction of sp³-hybridized carbons (Fsp3) is 0.167. The van der Waals surface area contributed by atoms with Crippen LogP contribution in [0.4, 0.5) is 0 Å². The molecule has 0 bridgehead atoms. The average molecular weight is 326 g/mol. The van der Waals surface area contributed by atoms with Crippen LogP contribution in [-0.2, 0) is 9.53 Å². The van der Waals surface area contributed by atoms with Crippen LogP contribution in [0.15, 0.2) is 40.5 Å². The molecule has 0 saturated carbocycles. The standard InChI is InChI=1S/C18H14O6/c1-3-23-18(22)14(9(2)19)13-8-12-15(20)10-6-4-5-7-11(10)16(21)17(12)24-13/h4-8,19H,3H2,1-2H3/b14-9-. The van der Waals surface area contributed by atoms with Crippen molar-refractivity contribution in [1.29, 1.82) is 0 Å². The molecule has 1 aliphatic carbocycles. The average Bonchev–Trinajstić information content (AvgIpc) is 2.98. The van der Waals surface area contributed by atoms with Gasteiger partial charge in [0, 0.05) is 11.1 Å². The van der Waals surface area contributed by atoms with E-state index in [1.807, 2.05) is 0 Å². The van der Waals surface area contributed by atoms with Crippen molar-refractivity contribution < 1.29 is 28.6 Å². The Morgan fingerprint density at radius 3 is 2.33 bits per heavy atom. The van der Waals surface area contributed by atoms with Gasteiger partial charge >= 0.3 is 5.97 Å². The zero-order valence-electron chi connectivity index (χ0n) is 13.1. The number of carbonyl (C=O) groups excluding carboxylic acids is 3. The van der Waals surface area contributed by atoms with E-state index in [-0.39, 0.29) is 51.9 Å². The van der Waals surface area contributed by atoms with Crippen molar-refractivity contribution >= 4 is 23.1 Å². The van der Waals surface area contributed by atoms with E-state index in [1.54, 1.807) is 31.2 Å². The van der Waals surface area contributed by atoms with Crippen molar-refractivity contribution in [3.8, 4) is 0 Å². The Hall–Kier alpha value is -3.15. The quantitative estimate of drug-likeness (QED) is 0.452. The first kappa shape index (κ1) is 15.7. The highest BCUT2D eigenvalue weighted by Crippen LogP contribution is 2.32. The molecule has 0 atom stereocenters. The normalized spacial score (nSPS) is 13.9. The van der Waals surface area contributed by atoms with Crippen molar-refractivity contribution in [2.24, 2.45) is 0 Å². The van der Waals surface area contributed by atoms with Gasteiger partial charge in [-0.3, -0.25) is 9.59 Å². The number of aliphatic hydroxyl groups excluding tert-OH is 1. The minimum atomic E-state index is -0.791. The molecule has 0 radical (unpaired) electrons. The molecule has 2 aromatic rings. The van der Waals surface area contributed by atoms with Gasteiger partial charge in [-0.1, -0.05) is 24.3 Å². The number of benzene rings is 1. The highest BCUT2D eigenvalue weighted by atomic mass is 16.5. The molecule has 1 aromatic heterocycles. The van der Waals surface area contributed by atoms with Crippen molar-refractivity contribution in [1.82, 2.24) is 0 Å². The number of ketones is 2. The summed E-state index contributed by atoms with van der Waals surface area (Å²) < 4.78 is 10.3. The molecule has 24 heavy (non-hydrogen) atoms. The monoisotopic (exact) mass is 326 g/mol. The highest BCUT2D eigenvalue weighted by Gasteiger charge is 2.35. The SMILES string of the molecule is CCOC(=O)/C(=C(/C)O)c1cc2c(o1)C(=O)c1ccccc1C2=O. The van der Waals surface area contributed by atoms with E-state index < -0.39 is 11.8 Å². The summed E-state index contributed by atoms with van der Waals surface area (Å²) in [6, 6.07) is 7.71. The number of esters is 1. The second-order valence-corrected chi connectivity index (χ2v) is 5.24. The van der Waals surface area contributed by atoms with Crippen LogP contribution in [0.5, 0.6) is 0 Å². The van der Waals surface area contributed by atoms with Gasteiger partial charge < -0.3 is 14.3 Å². The Balaban J connectivity index is 2.14. The van der Waals surface area contributed by atoms with E-state index in [9.17, 15) is 19.5 Å². The van der Waals surface area contributed by atoms with Gasteiger partial charge in [0.25, 0.3) is 0 Å². The zero-order chi connectivity index (χ0) is 17.4. The molecule has 1 N–H and O–H groups in total. The number of allylic oxidation sites excluding steroid dienone is 1. The summed E-state index contributed by atoms with van der Waals surface area (Å²) in [4.78, 5) is 37.1. The van der Waals surface area contributed by atoms with Crippen LogP contribution in [-0.4, -0.2) is 29.2 Å². The zero-order valence-corrected chi connectivity index (χ0v) is 13.1. The fourth-order valence-electron chi connectivity index (χ4n) is 2.63. The van der Waals surface area contributed by atoms with Gasteiger partial charge in [-0.15, -0.1) is 0 Å².